The molecule has 520 valence electrons. The van der Waals surface area contributed by atoms with E-state index >= 15 is 0 Å². The van der Waals surface area contributed by atoms with Crippen LogP contribution in [0.2, 0.25) is 0 Å². The van der Waals surface area contributed by atoms with Crippen LogP contribution < -0.4 is 0 Å². The SMILES string of the molecule is CC/C=C\C/C=C\C/C=C\C/C=C\C/C=C\C/C=C\C/C=C\C/C=C\C/C=C\CCCCCC(=O)OC(COC(=O)CCCCCCCCCCCCCCCCCCCCCCCCC/C=C\C/C=C\CCCCCCC)COC(OCC[N+](C)(C)C)C(=O)O. The van der Waals surface area contributed by atoms with Crippen molar-refractivity contribution in [1.29, 1.82) is 0 Å². The molecule has 0 aromatic carbocycles. The molecule has 0 aromatic rings. The van der Waals surface area contributed by atoms with Gasteiger partial charge in [-0.2, -0.15) is 0 Å². The Hall–Kier alpha value is -4.57. The van der Waals surface area contributed by atoms with Crippen molar-refractivity contribution in [3.8, 4) is 0 Å². The minimum absolute atomic E-state index is 0.175. The Morgan fingerprint density at radius 2 is 0.626 bits per heavy atom. The number of hydrogen-bond donors (Lipinski definition) is 1. The predicted octanol–water partition coefficient (Wildman–Crippen LogP) is 23.7. The fraction of sp³-hybridized carbons (Fsp3) is 0.695. The largest absolute Gasteiger partial charge is 0.477 e. The third-order valence-corrected chi connectivity index (χ3v) is 15.9. The van der Waals surface area contributed by atoms with Crippen molar-refractivity contribution in [2.75, 3.05) is 47.5 Å². The summed E-state index contributed by atoms with van der Waals surface area (Å²) in [5, 5.41) is 9.76. The Kier molecular flexibility index (Phi) is 67.7. The number of hydrogen-bond acceptors (Lipinski definition) is 7. The number of carboxylic acid groups (broad SMARTS) is 1. The Morgan fingerprint density at radius 1 is 0.341 bits per heavy atom. The van der Waals surface area contributed by atoms with Gasteiger partial charge in [-0.1, -0.05) is 314 Å². The molecule has 0 radical (unpaired) electrons. The molecule has 0 saturated carbocycles. The molecule has 0 aliphatic rings. The van der Waals surface area contributed by atoms with Crippen molar-refractivity contribution in [3.05, 3.63) is 134 Å². The van der Waals surface area contributed by atoms with Crippen LogP contribution in [0.4, 0.5) is 0 Å². The zero-order chi connectivity index (χ0) is 66.1. The lowest BCUT2D eigenvalue weighted by Crippen LogP contribution is -2.40. The van der Waals surface area contributed by atoms with Gasteiger partial charge in [0.1, 0.15) is 13.2 Å². The maximum absolute atomic E-state index is 12.9. The highest BCUT2D eigenvalue weighted by molar-refractivity contribution is 5.71. The molecule has 2 atom stereocenters. The van der Waals surface area contributed by atoms with Gasteiger partial charge in [0.2, 0.25) is 0 Å². The fourth-order valence-corrected chi connectivity index (χ4v) is 10.2. The van der Waals surface area contributed by atoms with E-state index in [4.69, 9.17) is 18.9 Å². The molecular formula is C82H140NO8+. The molecule has 0 spiro atoms. The van der Waals surface area contributed by atoms with E-state index in [9.17, 15) is 19.5 Å². The number of likely N-dealkylation sites (N-methyl/N-ethyl adjacent to an activating group) is 1. The Balaban J connectivity index is 4.14. The highest BCUT2D eigenvalue weighted by atomic mass is 16.7. The molecule has 2 unspecified atom stereocenters. The van der Waals surface area contributed by atoms with E-state index < -0.39 is 24.3 Å². The molecule has 0 heterocycles. The number of unbranched alkanes of at least 4 members (excludes halogenated alkanes) is 31. The van der Waals surface area contributed by atoms with Gasteiger partial charge in [-0.15, -0.1) is 0 Å². The lowest BCUT2D eigenvalue weighted by atomic mass is 10.0. The third kappa shape index (κ3) is 72.7. The van der Waals surface area contributed by atoms with Crippen LogP contribution in [0.25, 0.3) is 0 Å². The summed E-state index contributed by atoms with van der Waals surface area (Å²) >= 11 is 0. The molecule has 1 N–H and O–H groups in total. The lowest BCUT2D eigenvalue weighted by Gasteiger charge is -2.25. The van der Waals surface area contributed by atoms with Gasteiger partial charge < -0.3 is 28.5 Å². The number of aliphatic carboxylic acids is 1. The van der Waals surface area contributed by atoms with Crippen molar-refractivity contribution in [1.82, 2.24) is 0 Å². The predicted molar refractivity (Wildman–Crippen MR) is 391 cm³/mol. The van der Waals surface area contributed by atoms with Gasteiger partial charge in [-0.05, 0) is 116 Å². The van der Waals surface area contributed by atoms with E-state index in [1.807, 2.05) is 21.1 Å². The smallest absolute Gasteiger partial charge is 0.361 e. The molecule has 0 amide bonds. The molecule has 0 fully saturated rings. The average Bonchev–Trinajstić information content (AvgIpc) is 3.65. The van der Waals surface area contributed by atoms with Crippen LogP contribution in [0.3, 0.4) is 0 Å². The molecule has 9 heteroatoms. The van der Waals surface area contributed by atoms with E-state index in [0.29, 0.717) is 23.9 Å². The summed E-state index contributed by atoms with van der Waals surface area (Å²) in [4.78, 5) is 37.7. The van der Waals surface area contributed by atoms with Crippen molar-refractivity contribution in [2.24, 2.45) is 0 Å². The van der Waals surface area contributed by atoms with E-state index in [2.05, 4.69) is 148 Å². The van der Waals surface area contributed by atoms with E-state index in [1.165, 1.54) is 173 Å². The number of carbonyl (C=O) groups is 3. The molecule has 0 saturated heterocycles. The van der Waals surface area contributed by atoms with Crippen LogP contribution in [-0.4, -0.2) is 87.4 Å². The number of esters is 2. The van der Waals surface area contributed by atoms with Crippen LogP contribution in [0.1, 0.15) is 309 Å². The van der Waals surface area contributed by atoms with Crippen LogP contribution in [0, 0.1) is 0 Å². The average molecular weight is 1270 g/mol. The van der Waals surface area contributed by atoms with Crippen molar-refractivity contribution in [3.63, 3.8) is 0 Å². The molecule has 9 nitrogen and oxygen atoms in total. The minimum Gasteiger partial charge on any atom is -0.477 e. The first-order valence-corrected chi connectivity index (χ1v) is 37.3. The Labute approximate surface area is 560 Å². The molecule has 0 aliphatic heterocycles. The summed E-state index contributed by atoms with van der Waals surface area (Å²) in [6, 6.07) is 0. The van der Waals surface area contributed by atoms with Gasteiger partial charge in [-0.3, -0.25) is 9.59 Å². The second-order valence-corrected chi connectivity index (χ2v) is 25.9. The number of ether oxygens (including phenoxy) is 4. The second kappa shape index (κ2) is 71.3. The first-order valence-electron chi connectivity index (χ1n) is 37.3. The van der Waals surface area contributed by atoms with Crippen molar-refractivity contribution < 1.29 is 42.9 Å². The normalized spacial score (nSPS) is 13.5. The highest BCUT2D eigenvalue weighted by Crippen LogP contribution is 2.17. The van der Waals surface area contributed by atoms with E-state index in [0.717, 1.165) is 103 Å². The first-order chi connectivity index (χ1) is 44.6. The zero-order valence-corrected chi connectivity index (χ0v) is 59.5. The number of quaternary nitrogens is 1. The maximum atomic E-state index is 12.9. The lowest BCUT2D eigenvalue weighted by molar-refractivity contribution is -0.870. The summed E-state index contributed by atoms with van der Waals surface area (Å²) in [6.45, 7) is 4.73. The van der Waals surface area contributed by atoms with Gasteiger partial charge in [-0.25, -0.2) is 4.79 Å². The highest BCUT2D eigenvalue weighted by Gasteiger charge is 2.25. The number of carbonyl (C=O) groups excluding carboxylic acids is 2. The summed E-state index contributed by atoms with van der Waals surface area (Å²) in [5.41, 5.74) is 0. The summed E-state index contributed by atoms with van der Waals surface area (Å²) < 4.78 is 23.0. The summed E-state index contributed by atoms with van der Waals surface area (Å²) in [6.07, 6.45) is 100. The summed E-state index contributed by atoms with van der Waals surface area (Å²) in [7, 11) is 5.96. The Morgan fingerprint density at radius 3 is 0.945 bits per heavy atom. The van der Waals surface area contributed by atoms with E-state index in [1.54, 1.807) is 0 Å². The number of nitrogens with zero attached hydrogens (tertiary/aromatic N) is 1. The topological polar surface area (TPSA) is 108 Å². The molecule has 0 aromatic heterocycles. The Bertz CT molecular complexity index is 1960. The zero-order valence-electron chi connectivity index (χ0n) is 59.5. The molecule has 0 bridgehead atoms. The number of carboxylic acids is 1. The molecule has 0 aliphatic carbocycles. The molecular weight excluding hydrogens is 1130 g/mol. The van der Waals surface area contributed by atoms with Crippen LogP contribution in [0.5, 0.6) is 0 Å². The monoisotopic (exact) mass is 1270 g/mol. The van der Waals surface area contributed by atoms with Gasteiger partial charge in [0.25, 0.3) is 6.29 Å². The maximum Gasteiger partial charge on any atom is 0.361 e. The molecule has 91 heavy (non-hydrogen) atoms. The number of allylic oxidation sites excluding steroid dienone is 22. The van der Waals surface area contributed by atoms with Crippen LogP contribution in [0.15, 0.2) is 134 Å². The van der Waals surface area contributed by atoms with Crippen molar-refractivity contribution >= 4 is 17.9 Å². The van der Waals surface area contributed by atoms with E-state index in [-0.39, 0.29) is 32.2 Å². The van der Waals surface area contributed by atoms with Crippen molar-refractivity contribution in [2.45, 2.75) is 322 Å². The van der Waals surface area contributed by atoms with Gasteiger partial charge in [0.05, 0.1) is 34.4 Å². The summed E-state index contributed by atoms with van der Waals surface area (Å²) in [5.74, 6) is -2.05. The second-order valence-electron chi connectivity index (χ2n) is 25.9. The first kappa shape index (κ1) is 86.4. The number of rotatable bonds is 68. The van der Waals surface area contributed by atoms with Crippen LogP contribution in [-0.2, 0) is 33.3 Å². The standard InChI is InChI=1S/C82H139NO8/c1-6-8-10-12-14-16-18-20-22-24-26-28-30-32-34-36-38-39-40-41-43-44-46-48-50-52-54-56-58-60-62-64-66-68-70-72-79(84)89-76-78(77-90-82(81(86)87)88-75-74-83(3,4)5)91-80(85)73-71-69-67-65-63-61-59-57-55-53-51-49-47-45-42-37-35-33-31-29-27-25-23-21-19-17-15-13-11-9-7-2/h9,11,15,17-18,20-21,23-24,26-27,29,33,35,42,45,49,51,55,57,61,63,78,82H,6-8,10,12-14,16,19,22,25,28,30-32,34,36-41,43-44,46-48,50,52-54,56,58-60,62,64-77H2,1-5H3/p+1/b11-9-,17-15-,20-18-,23-21-,26-24-,29-27-,35-33-,45-42-,51-49-,57-55-,63-61-. The quantitative estimate of drug-likeness (QED) is 0.0211. The minimum atomic E-state index is -1.53. The van der Waals surface area contributed by atoms with Gasteiger partial charge in [0, 0.05) is 12.8 Å². The molecule has 0 rings (SSSR count). The van der Waals surface area contributed by atoms with Gasteiger partial charge >= 0.3 is 17.9 Å². The van der Waals surface area contributed by atoms with Gasteiger partial charge in [0.15, 0.2) is 6.10 Å². The fourth-order valence-electron chi connectivity index (χ4n) is 10.2. The third-order valence-electron chi connectivity index (χ3n) is 15.9. The van der Waals surface area contributed by atoms with Crippen LogP contribution >= 0.6 is 0 Å².